The molecule has 3 nitrogen and oxygen atoms in total. The van der Waals surface area contributed by atoms with Gasteiger partial charge in [-0.1, -0.05) is 18.2 Å². The predicted molar refractivity (Wildman–Crippen MR) is 80.6 cm³/mol. The molecule has 2 aromatic carbocycles. The normalized spacial score (nSPS) is 15.3. The van der Waals surface area contributed by atoms with E-state index in [1.807, 2.05) is 25.1 Å². The van der Waals surface area contributed by atoms with Gasteiger partial charge in [-0.2, -0.15) is 0 Å². The number of halogens is 1. The average Bonchev–Trinajstić information content (AvgIpc) is 2.46. The van der Waals surface area contributed by atoms with Crippen LogP contribution in [0.4, 0.5) is 10.1 Å². The maximum Gasteiger partial charge on any atom is 0.224 e. The van der Waals surface area contributed by atoms with Gasteiger partial charge in [0.25, 0.3) is 0 Å². The lowest BCUT2D eigenvalue weighted by Gasteiger charge is -2.21. The molecule has 108 valence electrons. The zero-order valence-electron chi connectivity index (χ0n) is 11.8. The average molecular weight is 284 g/mol. The summed E-state index contributed by atoms with van der Waals surface area (Å²) in [5.74, 6) is -0.203. The quantitative estimate of drug-likeness (QED) is 0.890. The number of amides is 1. The summed E-state index contributed by atoms with van der Waals surface area (Å²) in [5.41, 5.74) is 11.0. The molecule has 4 heteroatoms. The molecular weight excluding hydrogens is 267 g/mol. The summed E-state index contributed by atoms with van der Waals surface area (Å²) < 4.78 is 13.2. The fourth-order valence-corrected chi connectivity index (χ4v) is 2.76. The van der Waals surface area contributed by atoms with E-state index in [9.17, 15) is 9.18 Å². The minimum atomic E-state index is -0.298. The molecule has 0 radical (unpaired) electrons. The van der Waals surface area contributed by atoms with Crippen LogP contribution in [0.5, 0.6) is 0 Å². The lowest BCUT2D eigenvalue weighted by Crippen LogP contribution is -2.20. The first kappa shape index (κ1) is 13.8. The van der Waals surface area contributed by atoms with Crippen molar-refractivity contribution < 1.29 is 9.18 Å². The molecule has 0 aromatic heterocycles. The summed E-state index contributed by atoms with van der Waals surface area (Å²) >= 11 is 0. The number of hydrogen-bond acceptors (Lipinski definition) is 2. The fraction of sp³-hybridized carbons (Fsp3) is 0.235. The van der Waals surface area contributed by atoms with Gasteiger partial charge in [0.2, 0.25) is 5.91 Å². The van der Waals surface area contributed by atoms with Gasteiger partial charge >= 0.3 is 0 Å². The van der Waals surface area contributed by atoms with Crippen LogP contribution < -0.4 is 11.1 Å². The third kappa shape index (κ3) is 2.67. The van der Waals surface area contributed by atoms with Gasteiger partial charge in [-0.15, -0.1) is 0 Å². The first-order valence-electron chi connectivity index (χ1n) is 6.99. The number of anilines is 1. The molecular formula is C17H17FN2O. The van der Waals surface area contributed by atoms with E-state index in [2.05, 4.69) is 5.32 Å². The molecule has 0 aliphatic carbocycles. The van der Waals surface area contributed by atoms with E-state index in [4.69, 9.17) is 5.73 Å². The molecule has 1 unspecified atom stereocenters. The Morgan fingerprint density at radius 1 is 1.19 bits per heavy atom. The Labute approximate surface area is 123 Å². The first-order valence-corrected chi connectivity index (χ1v) is 6.99. The largest absolute Gasteiger partial charge is 0.326 e. The van der Waals surface area contributed by atoms with Gasteiger partial charge < -0.3 is 11.1 Å². The number of carbonyl (C=O) groups excluding carboxylic acids is 1. The zero-order valence-corrected chi connectivity index (χ0v) is 11.8. The van der Waals surface area contributed by atoms with Gasteiger partial charge in [0.15, 0.2) is 0 Å². The molecule has 0 saturated heterocycles. The highest BCUT2D eigenvalue weighted by molar-refractivity contribution is 5.93. The molecule has 3 rings (SSSR count). The molecule has 1 amide bonds. The Morgan fingerprint density at radius 2 is 2.00 bits per heavy atom. The fourth-order valence-electron chi connectivity index (χ4n) is 2.76. The lowest BCUT2D eigenvalue weighted by atomic mass is 9.92. The minimum Gasteiger partial charge on any atom is -0.326 e. The van der Waals surface area contributed by atoms with Crippen LogP contribution in [0, 0.1) is 12.7 Å². The van der Waals surface area contributed by atoms with Crippen molar-refractivity contribution in [3.8, 4) is 0 Å². The standard InChI is InChI=1S/C17H17FN2O/c1-10-8-13(18)4-5-14(10)17(19)12-2-6-15-11(9-12)3-7-16(21)20-15/h2,4-6,8-9,17H,3,7,19H2,1H3,(H,20,21). The van der Waals surface area contributed by atoms with Crippen molar-refractivity contribution in [2.24, 2.45) is 5.73 Å². The summed E-state index contributed by atoms with van der Waals surface area (Å²) in [7, 11) is 0. The van der Waals surface area contributed by atoms with Crippen LogP contribution in [0.2, 0.25) is 0 Å². The van der Waals surface area contributed by atoms with Crippen LogP contribution in [0.1, 0.15) is 34.7 Å². The van der Waals surface area contributed by atoms with Crippen molar-refractivity contribution in [3.05, 3.63) is 64.5 Å². The molecule has 0 bridgehead atoms. The van der Waals surface area contributed by atoms with Crippen molar-refractivity contribution in [2.75, 3.05) is 5.32 Å². The number of nitrogens with two attached hydrogens (primary N) is 1. The second kappa shape index (κ2) is 5.30. The second-order valence-electron chi connectivity index (χ2n) is 5.44. The number of aryl methyl sites for hydroxylation is 2. The molecule has 1 atom stereocenters. The molecule has 2 aromatic rings. The summed E-state index contributed by atoms with van der Waals surface area (Å²) in [6, 6.07) is 10.2. The monoisotopic (exact) mass is 284 g/mol. The number of carbonyl (C=O) groups is 1. The Kier molecular flexibility index (Phi) is 3.47. The maximum absolute atomic E-state index is 13.2. The van der Waals surface area contributed by atoms with E-state index in [-0.39, 0.29) is 17.8 Å². The molecule has 1 aliphatic rings. The van der Waals surface area contributed by atoms with Gasteiger partial charge in [-0.25, -0.2) is 4.39 Å². The highest BCUT2D eigenvalue weighted by atomic mass is 19.1. The summed E-state index contributed by atoms with van der Waals surface area (Å²) in [6.45, 7) is 1.86. The van der Waals surface area contributed by atoms with Crippen LogP contribution in [0.25, 0.3) is 0 Å². The molecule has 0 spiro atoms. The molecule has 0 fully saturated rings. The number of nitrogens with one attached hydrogen (secondary N) is 1. The number of hydrogen-bond donors (Lipinski definition) is 2. The van der Waals surface area contributed by atoms with Gasteiger partial charge in [-0.3, -0.25) is 4.79 Å². The van der Waals surface area contributed by atoms with E-state index in [0.717, 1.165) is 34.4 Å². The van der Waals surface area contributed by atoms with Crippen molar-refractivity contribution in [1.82, 2.24) is 0 Å². The van der Waals surface area contributed by atoms with Crippen LogP contribution in [0.3, 0.4) is 0 Å². The smallest absolute Gasteiger partial charge is 0.224 e. The summed E-state index contributed by atoms with van der Waals surface area (Å²) in [5, 5.41) is 2.86. The van der Waals surface area contributed by atoms with Gasteiger partial charge in [0.05, 0.1) is 6.04 Å². The highest BCUT2D eigenvalue weighted by Gasteiger charge is 2.18. The van der Waals surface area contributed by atoms with Gasteiger partial charge in [-0.05, 0) is 53.8 Å². The Hall–Kier alpha value is -2.20. The van der Waals surface area contributed by atoms with Crippen molar-refractivity contribution in [1.29, 1.82) is 0 Å². The van der Waals surface area contributed by atoms with E-state index < -0.39 is 0 Å². The first-order chi connectivity index (χ1) is 10.0. The highest BCUT2D eigenvalue weighted by Crippen LogP contribution is 2.29. The molecule has 1 heterocycles. The van der Waals surface area contributed by atoms with Crippen molar-refractivity contribution in [2.45, 2.75) is 25.8 Å². The topological polar surface area (TPSA) is 55.1 Å². The SMILES string of the molecule is Cc1cc(F)ccc1C(N)c1ccc2c(c1)CCC(=O)N2. The third-order valence-corrected chi connectivity index (χ3v) is 3.95. The van der Waals surface area contributed by atoms with Crippen LogP contribution in [-0.2, 0) is 11.2 Å². The lowest BCUT2D eigenvalue weighted by molar-refractivity contribution is -0.116. The van der Waals surface area contributed by atoms with E-state index in [1.165, 1.54) is 12.1 Å². The molecule has 0 saturated carbocycles. The van der Waals surface area contributed by atoms with Crippen molar-refractivity contribution in [3.63, 3.8) is 0 Å². The number of benzene rings is 2. The number of rotatable bonds is 2. The molecule has 1 aliphatic heterocycles. The zero-order chi connectivity index (χ0) is 15.0. The molecule has 21 heavy (non-hydrogen) atoms. The Bertz CT molecular complexity index is 712. The van der Waals surface area contributed by atoms with E-state index in [1.54, 1.807) is 6.07 Å². The van der Waals surface area contributed by atoms with Gasteiger partial charge in [0, 0.05) is 12.1 Å². The van der Waals surface area contributed by atoms with Crippen LogP contribution in [-0.4, -0.2) is 5.91 Å². The van der Waals surface area contributed by atoms with Crippen molar-refractivity contribution >= 4 is 11.6 Å². The van der Waals surface area contributed by atoms with E-state index in [0.29, 0.717) is 6.42 Å². The Morgan fingerprint density at radius 3 is 2.76 bits per heavy atom. The van der Waals surface area contributed by atoms with Gasteiger partial charge in [0.1, 0.15) is 5.82 Å². The summed E-state index contributed by atoms with van der Waals surface area (Å²) in [6.07, 6.45) is 1.23. The minimum absolute atomic E-state index is 0.0499. The summed E-state index contributed by atoms with van der Waals surface area (Å²) in [4.78, 5) is 11.4. The van der Waals surface area contributed by atoms with Crippen LogP contribution in [0.15, 0.2) is 36.4 Å². The van der Waals surface area contributed by atoms with E-state index >= 15 is 0 Å². The molecule has 3 N–H and O–H groups in total. The maximum atomic E-state index is 13.2. The third-order valence-electron chi connectivity index (χ3n) is 3.95. The second-order valence-corrected chi connectivity index (χ2v) is 5.44. The predicted octanol–water partition coefficient (Wildman–Crippen LogP) is 3.07. The van der Waals surface area contributed by atoms with Crippen LogP contribution >= 0.6 is 0 Å². The Balaban J connectivity index is 1.95. The number of fused-ring (bicyclic) bond motifs is 1.